The molecular formula is C7H14N2O2S. The molecule has 0 spiro atoms. The first-order valence-corrected chi connectivity index (χ1v) is 4.34. The summed E-state index contributed by atoms with van der Waals surface area (Å²) in [7, 11) is 0. The predicted octanol–water partition coefficient (Wildman–Crippen LogP) is 0.478. The van der Waals surface area contributed by atoms with Crippen LogP contribution in [0.2, 0.25) is 0 Å². The van der Waals surface area contributed by atoms with E-state index in [1.165, 1.54) is 0 Å². The van der Waals surface area contributed by atoms with Gasteiger partial charge in [-0.3, -0.25) is 5.32 Å². The third-order valence-electron chi connectivity index (χ3n) is 1.87. The van der Waals surface area contributed by atoms with Crippen LogP contribution in [0.15, 0.2) is 0 Å². The molecule has 1 amide bonds. The van der Waals surface area contributed by atoms with Gasteiger partial charge in [-0.1, -0.05) is 0 Å². The molecule has 0 aliphatic carbocycles. The molecule has 0 aromatic rings. The van der Waals surface area contributed by atoms with Crippen LogP contribution in [0.3, 0.4) is 0 Å². The van der Waals surface area contributed by atoms with Gasteiger partial charge in [-0.25, -0.2) is 4.79 Å². The van der Waals surface area contributed by atoms with Gasteiger partial charge < -0.3 is 10.5 Å². The monoisotopic (exact) mass is 190 g/mol. The molecule has 1 rings (SSSR count). The molecule has 5 heteroatoms. The Morgan fingerprint density at radius 3 is 2.67 bits per heavy atom. The average molecular weight is 190 g/mol. The lowest BCUT2D eigenvalue weighted by molar-refractivity contribution is 0.109. The van der Waals surface area contributed by atoms with E-state index in [0.717, 1.165) is 6.42 Å². The standard InChI is InChI=1S/C7H14N2O2S/c1-7(2)3-4(5(12)9-7)11-6(8)10/h4-5,9,12H,3H2,1-2H3,(H2,8,10). The summed E-state index contributed by atoms with van der Waals surface area (Å²) in [6.07, 6.45) is -0.219. The fourth-order valence-electron chi connectivity index (χ4n) is 1.42. The van der Waals surface area contributed by atoms with Gasteiger partial charge in [0.2, 0.25) is 0 Å². The number of hydrogen-bond acceptors (Lipinski definition) is 4. The van der Waals surface area contributed by atoms with E-state index in [-0.39, 0.29) is 17.0 Å². The predicted molar refractivity (Wildman–Crippen MR) is 49.1 cm³/mol. The number of primary amides is 1. The topological polar surface area (TPSA) is 64.3 Å². The molecule has 1 saturated heterocycles. The molecule has 0 bridgehead atoms. The van der Waals surface area contributed by atoms with Gasteiger partial charge in [0, 0.05) is 12.0 Å². The normalized spacial score (nSPS) is 33.2. The van der Waals surface area contributed by atoms with E-state index in [1.807, 2.05) is 13.8 Å². The highest BCUT2D eigenvalue weighted by atomic mass is 32.1. The van der Waals surface area contributed by atoms with Crippen LogP contribution in [-0.4, -0.2) is 23.1 Å². The molecule has 2 unspecified atom stereocenters. The number of carbonyl (C=O) groups excluding carboxylic acids is 1. The Kier molecular flexibility index (Phi) is 2.53. The summed E-state index contributed by atoms with van der Waals surface area (Å²) in [6, 6.07) is 0. The summed E-state index contributed by atoms with van der Waals surface area (Å²) in [5.74, 6) is 0. The minimum absolute atomic E-state index is 0.0352. The van der Waals surface area contributed by atoms with Crippen molar-refractivity contribution in [3.05, 3.63) is 0 Å². The smallest absolute Gasteiger partial charge is 0.404 e. The van der Waals surface area contributed by atoms with E-state index in [1.54, 1.807) is 0 Å². The number of hydrogen-bond donors (Lipinski definition) is 3. The van der Waals surface area contributed by atoms with Crippen molar-refractivity contribution in [1.82, 2.24) is 5.32 Å². The molecule has 0 radical (unpaired) electrons. The average Bonchev–Trinajstić information content (AvgIpc) is 2.03. The fraction of sp³-hybridized carbons (Fsp3) is 0.857. The largest absolute Gasteiger partial charge is 0.444 e. The quantitative estimate of drug-likeness (QED) is 0.527. The van der Waals surface area contributed by atoms with Crippen LogP contribution in [0.4, 0.5) is 4.79 Å². The maximum atomic E-state index is 10.5. The molecule has 3 N–H and O–H groups in total. The SMILES string of the molecule is CC1(C)CC(OC(N)=O)C(S)N1. The maximum absolute atomic E-state index is 10.5. The lowest BCUT2D eigenvalue weighted by Gasteiger charge is -2.16. The fourth-order valence-corrected chi connectivity index (χ4v) is 1.94. The van der Waals surface area contributed by atoms with Crippen LogP contribution >= 0.6 is 12.6 Å². The van der Waals surface area contributed by atoms with E-state index < -0.39 is 6.09 Å². The number of amides is 1. The van der Waals surface area contributed by atoms with Gasteiger partial charge in [0.1, 0.15) is 6.10 Å². The van der Waals surface area contributed by atoms with E-state index in [4.69, 9.17) is 10.5 Å². The van der Waals surface area contributed by atoms with Crippen molar-refractivity contribution in [2.45, 2.75) is 37.3 Å². The van der Waals surface area contributed by atoms with E-state index >= 15 is 0 Å². The molecule has 2 atom stereocenters. The van der Waals surface area contributed by atoms with Gasteiger partial charge in [0.15, 0.2) is 0 Å². The third-order valence-corrected chi connectivity index (χ3v) is 2.33. The highest BCUT2D eigenvalue weighted by molar-refractivity contribution is 7.81. The number of nitrogens with one attached hydrogen (secondary N) is 1. The van der Waals surface area contributed by atoms with Crippen molar-refractivity contribution in [1.29, 1.82) is 0 Å². The summed E-state index contributed by atoms with van der Waals surface area (Å²) < 4.78 is 4.86. The van der Waals surface area contributed by atoms with Crippen LogP contribution in [-0.2, 0) is 4.74 Å². The molecule has 12 heavy (non-hydrogen) atoms. The zero-order chi connectivity index (χ0) is 9.35. The third kappa shape index (κ3) is 2.28. The van der Waals surface area contributed by atoms with Gasteiger partial charge in [0.05, 0.1) is 5.37 Å². The molecule has 1 aliphatic rings. The van der Waals surface area contributed by atoms with Gasteiger partial charge in [-0.15, -0.1) is 0 Å². The second-order valence-corrected chi connectivity index (χ2v) is 4.21. The van der Waals surface area contributed by atoms with Crippen molar-refractivity contribution >= 4 is 18.7 Å². The molecule has 4 nitrogen and oxygen atoms in total. The highest BCUT2D eigenvalue weighted by Crippen LogP contribution is 2.26. The Balaban J connectivity index is 2.52. The minimum atomic E-state index is -0.737. The van der Waals surface area contributed by atoms with Crippen LogP contribution in [0.25, 0.3) is 0 Å². The van der Waals surface area contributed by atoms with Crippen LogP contribution in [0.5, 0.6) is 0 Å². The Bertz CT molecular complexity index is 196. The van der Waals surface area contributed by atoms with Crippen molar-refractivity contribution in [2.24, 2.45) is 5.73 Å². The Morgan fingerprint density at radius 2 is 2.33 bits per heavy atom. The van der Waals surface area contributed by atoms with E-state index in [0.29, 0.717) is 0 Å². The first-order chi connectivity index (χ1) is 5.41. The van der Waals surface area contributed by atoms with Gasteiger partial charge in [-0.2, -0.15) is 12.6 Å². The first kappa shape index (κ1) is 9.67. The van der Waals surface area contributed by atoms with Gasteiger partial charge >= 0.3 is 6.09 Å². The molecule has 1 heterocycles. The molecule has 0 saturated carbocycles. The molecule has 1 fully saturated rings. The van der Waals surface area contributed by atoms with E-state index in [2.05, 4.69) is 17.9 Å². The Hall–Kier alpha value is -0.420. The number of rotatable bonds is 1. The number of nitrogens with two attached hydrogens (primary N) is 1. The maximum Gasteiger partial charge on any atom is 0.404 e. The second-order valence-electron chi connectivity index (χ2n) is 3.65. The van der Waals surface area contributed by atoms with Crippen LogP contribution < -0.4 is 11.1 Å². The molecule has 0 aromatic carbocycles. The highest BCUT2D eigenvalue weighted by Gasteiger charge is 2.38. The van der Waals surface area contributed by atoms with Crippen molar-refractivity contribution in [3.8, 4) is 0 Å². The number of thiol groups is 1. The first-order valence-electron chi connectivity index (χ1n) is 3.82. The van der Waals surface area contributed by atoms with E-state index in [9.17, 15) is 4.79 Å². The Labute approximate surface area is 77.2 Å². The molecule has 1 aliphatic heterocycles. The zero-order valence-corrected chi connectivity index (χ0v) is 8.10. The summed E-state index contributed by atoms with van der Waals surface area (Å²) in [6.45, 7) is 4.06. The summed E-state index contributed by atoms with van der Waals surface area (Å²) in [5.41, 5.74) is 4.86. The second kappa shape index (κ2) is 3.14. The van der Waals surface area contributed by atoms with Crippen molar-refractivity contribution < 1.29 is 9.53 Å². The van der Waals surface area contributed by atoms with Crippen LogP contribution in [0.1, 0.15) is 20.3 Å². The number of carbonyl (C=O) groups is 1. The summed E-state index contributed by atoms with van der Waals surface area (Å²) in [5, 5.41) is 3.06. The number of ether oxygens (including phenoxy) is 1. The lowest BCUT2D eigenvalue weighted by atomic mass is 10.0. The summed E-state index contributed by atoms with van der Waals surface area (Å²) in [4.78, 5) is 10.5. The lowest BCUT2D eigenvalue weighted by Crippen LogP contribution is -2.36. The summed E-state index contributed by atoms with van der Waals surface area (Å²) >= 11 is 4.23. The minimum Gasteiger partial charge on any atom is -0.444 e. The molecular weight excluding hydrogens is 176 g/mol. The van der Waals surface area contributed by atoms with Crippen molar-refractivity contribution in [2.75, 3.05) is 0 Å². The molecule has 70 valence electrons. The Morgan fingerprint density at radius 1 is 1.75 bits per heavy atom. The van der Waals surface area contributed by atoms with Crippen molar-refractivity contribution in [3.63, 3.8) is 0 Å². The van der Waals surface area contributed by atoms with Gasteiger partial charge in [-0.05, 0) is 13.8 Å². The zero-order valence-electron chi connectivity index (χ0n) is 7.20. The van der Waals surface area contributed by atoms with Gasteiger partial charge in [0.25, 0.3) is 0 Å². The molecule has 0 aromatic heterocycles. The van der Waals surface area contributed by atoms with Crippen LogP contribution in [0, 0.1) is 0 Å².